The summed E-state index contributed by atoms with van der Waals surface area (Å²) in [6, 6.07) is 3.63. The Hall–Kier alpha value is -0.610. The minimum absolute atomic E-state index is 0.0138. The Morgan fingerprint density at radius 3 is 3.12 bits per heavy atom. The number of alkyl halides is 1. The van der Waals surface area contributed by atoms with Gasteiger partial charge in [0.1, 0.15) is 5.69 Å². The van der Waals surface area contributed by atoms with Crippen molar-refractivity contribution in [2.45, 2.75) is 6.42 Å². The molecule has 86 valence electrons. The predicted octanol–water partition coefficient (Wildman–Crippen LogP) is 2.55. The smallest absolute Gasteiger partial charge is 0.273 e. The lowest BCUT2D eigenvalue weighted by atomic mass is 10.2. The number of amides is 1. The first-order valence-corrected chi connectivity index (χ1v) is 6.51. The minimum atomic E-state index is -0.0138. The van der Waals surface area contributed by atoms with E-state index in [4.69, 9.17) is 11.6 Å². The molecule has 16 heavy (non-hydrogen) atoms. The van der Waals surface area contributed by atoms with E-state index in [0.717, 1.165) is 24.0 Å². The fraction of sp³-hybridized carbons (Fsp3) is 0.455. The summed E-state index contributed by atoms with van der Waals surface area (Å²) in [4.78, 5) is 18.0. The molecule has 0 N–H and O–H groups in total. The van der Waals surface area contributed by atoms with Crippen LogP contribution in [-0.4, -0.2) is 34.8 Å². The molecule has 1 fully saturated rings. The Labute approximate surface area is 108 Å². The van der Waals surface area contributed by atoms with Crippen LogP contribution in [0, 0.1) is 5.92 Å². The summed E-state index contributed by atoms with van der Waals surface area (Å²) < 4.78 is 0.745. The number of hydrogen-bond acceptors (Lipinski definition) is 2. The second kappa shape index (κ2) is 5.15. The number of rotatable bonds is 2. The van der Waals surface area contributed by atoms with Crippen LogP contribution in [0.1, 0.15) is 16.9 Å². The molecule has 3 nitrogen and oxygen atoms in total. The molecule has 2 heterocycles. The quantitative estimate of drug-likeness (QED) is 0.787. The molecule has 1 aromatic rings. The van der Waals surface area contributed by atoms with Gasteiger partial charge in [-0.25, -0.2) is 4.98 Å². The second-order valence-corrected chi connectivity index (χ2v) is 5.06. The maximum Gasteiger partial charge on any atom is 0.273 e. The van der Waals surface area contributed by atoms with Crippen LogP contribution in [0.15, 0.2) is 22.8 Å². The van der Waals surface area contributed by atoms with Gasteiger partial charge in [-0.1, -0.05) is 0 Å². The number of hydrogen-bond donors (Lipinski definition) is 0. The van der Waals surface area contributed by atoms with Crippen molar-refractivity contribution in [3.05, 3.63) is 28.5 Å². The van der Waals surface area contributed by atoms with Crippen LogP contribution in [0.3, 0.4) is 0 Å². The average molecular weight is 304 g/mol. The van der Waals surface area contributed by atoms with Gasteiger partial charge in [0.25, 0.3) is 5.91 Å². The Bertz CT molecular complexity index is 399. The van der Waals surface area contributed by atoms with Crippen LogP contribution < -0.4 is 0 Å². The molecule has 2 rings (SSSR count). The highest BCUT2D eigenvalue weighted by Gasteiger charge is 2.27. The Morgan fingerprint density at radius 2 is 2.50 bits per heavy atom. The SMILES string of the molecule is O=C(c1ncccc1Br)N1CCC(CCl)C1. The number of likely N-dealkylation sites (tertiary alicyclic amines) is 1. The van der Waals surface area contributed by atoms with Crippen LogP contribution >= 0.6 is 27.5 Å². The molecule has 0 bridgehead atoms. The van der Waals surface area contributed by atoms with E-state index >= 15 is 0 Å². The van der Waals surface area contributed by atoms with Gasteiger partial charge in [-0.15, -0.1) is 11.6 Å². The van der Waals surface area contributed by atoms with Gasteiger partial charge in [-0.05, 0) is 40.4 Å². The fourth-order valence-corrected chi connectivity index (χ4v) is 2.51. The van der Waals surface area contributed by atoms with E-state index < -0.39 is 0 Å². The highest BCUT2D eigenvalue weighted by molar-refractivity contribution is 9.10. The molecule has 0 saturated carbocycles. The van der Waals surface area contributed by atoms with Crippen molar-refractivity contribution in [3.8, 4) is 0 Å². The number of nitrogens with zero attached hydrogens (tertiary/aromatic N) is 2. The highest BCUT2D eigenvalue weighted by atomic mass is 79.9. The first-order valence-electron chi connectivity index (χ1n) is 5.18. The Morgan fingerprint density at radius 1 is 1.69 bits per heavy atom. The molecule has 1 unspecified atom stereocenters. The molecule has 1 atom stereocenters. The molecule has 0 radical (unpaired) electrons. The standard InChI is InChI=1S/C11H12BrClN2O/c12-9-2-1-4-14-10(9)11(16)15-5-3-8(6-13)7-15/h1-2,4,8H,3,5-7H2. The van der Waals surface area contributed by atoms with E-state index in [9.17, 15) is 4.79 Å². The van der Waals surface area contributed by atoms with Gasteiger partial charge in [0.05, 0.1) is 0 Å². The summed E-state index contributed by atoms with van der Waals surface area (Å²) in [5.74, 6) is 1.03. The van der Waals surface area contributed by atoms with Crippen molar-refractivity contribution in [1.29, 1.82) is 0 Å². The first-order chi connectivity index (χ1) is 7.72. The van der Waals surface area contributed by atoms with Crippen molar-refractivity contribution < 1.29 is 4.79 Å². The van der Waals surface area contributed by atoms with Crippen LogP contribution in [-0.2, 0) is 0 Å². The predicted molar refractivity (Wildman–Crippen MR) is 66.7 cm³/mol. The Balaban J connectivity index is 2.12. The summed E-state index contributed by atoms with van der Waals surface area (Å²) in [6.07, 6.45) is 2.62. The van der Waals surface area contributed by atoms with Gasteiger partial charge in [0.2, 0.25) is 0 Å². The third-order valence-corrected chi connectivity index (χ3v) is 3.83. The highest BCUT2D eigenvalue weighted by Crippen LogP contribution is 2.22. The third-order valence-electron chi connectivity index (χ3n) is 2.75. The zero-order chi connectivity index (χ0) is 11.5. The van der Waals surface area contributed by atoms with Crippen LogP contribution in [0.4, 0.5) is 0 Å². The van der Waals surface area contributed by atoms with E-state index in [1.807, 2.05) is 11.0 Å². The second-order valence-electron chi connectivity index (χ2n) is 3.89. The summed E-state index contributed by atoms with van der Waals surface area (Å²) in [6.45, 7) is 1.52. The van der Waals surface area contributed by atoms with Gasteiger partial charge in [0, 0.05) is 29.6 Å². The third kappa shape index (κ3) is 2.38. The van der Waals surface area contributed by atoms with Gasteiger partial charge in [-0.3, -0.25) is 4.79 Å². The summed E-state index contributed by atoms with van der Waals surface area (Å²) in [7, 11) is 0. The van der Waals surface area contributed by atoms with Crippen molar-refractivity contribution in [2.75, 3.05) is 19.0 Å². The summed E-state index contributed by atoms with van der Waals surface area (Å²) in [5.41, 5.74) is 0.484. The first kappa shape index (κ1) is 11.9. The fourth-order valence-electron chi connectivity index (χ4n) is 1.84. The van der Waals surface area contributed by atoms with Gasteiger partial charge in [0.15, 0.2) is 0 Å². The molecule has 1 saturated heterocycles. The number of carbonyl (C=O) groups is 1. The summed E-state index contributed by atoms with van der Waals surface area (Å²) in [5, 5.41) is 0. The molecular weight excluding hydrogens is 291 g/mol. The van der Waals surface area contributed by atoms with E-state index in [1.165, 1.54) is 0 Å². The van der Waals surface area contributed by atoms with E-state index in [0.29, 0.717) is 17.5 Å². The number of carbonyl (C=O) groups excluding carboxylic acids is 1. The monoisotopic (exact) mass is 302 g/mol. The molecule has 1 aromatic heterocycles. The topological polar surface area (TPSA) is 33.2 Å². The lowest BCUT2D eigenvalue weighted by Gasteiger charge is -2.16. The maximum atomic E-state index is 12.1. The van der Waals surface area contributed by atoms with Crippen LogP contribution in [0.25, 0.3) is 0 Å². The molecule has 1 amide bonds. The van der Waals surface area contributed by atoms with Gasteiger partial charge < -0.3 is 4.90 Å². The normalized spacial score (nSPS) is 20.1. The lowest BCUT2D eigenvalue weighted by molar-refractivity contribution is 0.0781. The van der Waals surface area contributed by atoms with Gasteiger partial charge >= 0.3 is 0 Å². The largest absolute Gasteiger partial charge is 0.337 e. The van der Waals surface area contributed by atoms with Crippen LogP contribution in [0.5, 0.6) is 0 Å². The van der Waals surface area contributed by atoms with Crippen molar-refractivity contribution in [1.82, 2.24) is 9.88 Å². The van der Waals surface area contributed by atoms with Crippen molar-refractivity contribution in [3.63, 3.8) is 0 Å². The van der Waals surface area contributed by atoms with Crippen molar-refractivity contribution in [2.24, 2.45) is 5.92 Å². The number of pyridine rings is 1. The van der Waals surface area contributed by atoms with E-state index in [1.54, 1.807) is 12.3 Å². The zero-order valence-corrected chi connectivity index (χ0v) is 11.0. The number of aromatic nitrogens is 1. The van der Waals surface area contributed by atoms with Gasteiger partial charge in [-0.2, -0.15) is 0 Å². The molecule has 0 aromatic carbocycles. The van der Waals surface area contributed by atoms with Crippen molar-refractivity contribution >= 4 is 33.4 Å². The van der Waals surface area contributed by atoms with E-state index in [2.05, 4.69) is 20.9 Å². The molecule has 5 heteroatoms. The maximum absolute atomic E-state index is 12.1. The lowest BCUT2D eigenvalue weighted by Crippen LogP contribution is -2.29. The number of halogens is 2. The molecule has 0 spiro atoms. The molecule has 1 aliphatic rings. The Kier molecular flexibility index (Phi) is 3.82. The van der Waals surface area contributed by atoms with Crippen LogP contribution in [0.2, 0.25) is 0 Å². The molecule has 1 aliphatic heterocycles. The summed E-state index contributed by atoms with van der Waals surface area (Å²) >= 11 is 9.13. The molecule has 0 aliphatic carbocycles. The minimum Gasteiger partial charge on any atom is -0.337 e. The average Bonchev–Trinajstić information content (AvgIpc) is 2.77. The molecular formula is C11H12BrClN2O. The zero-order valence-electron chi connectivity index (χ0n) is 8.70. The van der Waals surface area contributed by atoms with E-state index in [-0.39, 0.29) is 5.91 Å².